The van der Waals surface area contributed by atoms with Gasteiger partial charge in [0.15, 0.2) is 0 Å². The molecule has 25 heavy (non-hydrogen) atoms. The molecule has 0 aliphatic heterocycles. The lowest BCUT2D eigenvalue weighted by atomic mass is 10.1. The summed E-state index contributed by atoms with van der Waals surface area (Å²) < 4.78 is 52.8. The summed E-state index contributed by atoms with van der Waals surface area (Å²) in [5.41, 5.74) is 0.461. The Hall–Kier alpha value is -2.32. The average Bonchev–Trinajstić information content (AvgIpc) is 2.56. The van der Waals surface area contributed by atoms with Crippen LogP contribution in [0.1, 0.15) is 12.5 Å². The van der Waals surface area contributed by atoms with Gasteiger partial charge >= 0.3 is 0 Å². The molecule has 0 aliphatic carbocycles. The molecule has 1 atom stereocenters. The van der Waals surface area contributed by atoms with Gasteiger partial charge in [-0.15, -0.1) is 0 Å². The summed E-state index contributed by atoms with van der Waals surface area (Å²) in [6.07, 6.45) is 0.288. The first kappa shape index (κ1) is 19.0. The third-order valence-corrected chi connectivity index (χ3v) is 5.06. The smallest absolute Gasteiger partial charge is 0.241 e. The molecule has 2 aromatic rings. The van der Waals surface area contributed by atoms with Crippen molar-refractivity contribution in [3.63, 3.8) is 0 Å². The van der Waals surface area contributed by atoms with Crippen LogP contribution in [0, 0.1) is 11.6 Å². The number of hydrogen-bond donors (Lipinski definition) is 2. The van der Waals surface area contributed by atoms with Crippen LogP contribution in [0.2, 0.25) is 0 Å². The summed E-state index contributed by atoms with van der Waals surface area (Å²) >= 11 is 0. The van der Waals surface area contributed by atoms with Gasteiger partial charge in [0.25, 0.3) is 0 Å². The van der Waals surface area contributed by atoms with Gasteiger partial charge in [-0.3, -0.25) is 4.79 Å². The second-order valence-corrected chi connectivity index (χ2v) is 7.14. The number of benzene rings is 2. The first-order valence-electron chi connectivity index (χ1n) is 7.58. The Morgan fingerprint density at radius 2 is 1.72 bits per heavy atom. The van der Waals surface area contributed by atoms with Gasteiger partial charge in [0.1, 0.15) is 11.6 Å². The Balaban J connectivity index is 1.89. The summed E-state index contributed by atoms with van der Waals surface area (Å²) in [6.45, 7) is 1.56. The number of sulfonamides is 1. The molecule has 134 valence electrons. The molecule has 0 unspecified atom stereocenters. The van der Waals surface area contributed by atoms with E-state index >= 15 is 0 Å². The molecule has 2 N–H and O–H groups in total. The first-order chi connectivity index (χ1) is 11.8. The number of carbonyl (C=O) groups excluding carboxylic acids is 1. The number of nitrogens with one attached hydrogen (secondary N) is 2. The fourth-order valence-electron chi connectivity index (χ4n) is 2.14. The lowest BCUT2D eigenvalue weighted by Gasteiger charge is -2.14. The predicted octanol–water partition coefficient (Wildman–Crippen LogP) is 1.99. The maximum Gasteiger partial charge on any atom is 0.241 e. The summed E-state index contributed by atoms with van der Waals surface area (Å²) in [5, 5.41) is 2.55. The van der Waals surface area contributed by atoms with Crippen LogP contribution >= 0.6 is 0 Å². The van der Waals surface area contributed by atoms with E-state index in [1.807, 2.05) is 0 Å². The molecule has 0 aromatic heterocycles. The maximum absolute atomic E-state index is 13.5. The van der Waals surface area contributed by atoms with Crippen molar-refractivity contribution >= 4 is 15.9 Å². The Kier molecular flexibility index (Phi) is 6.22. The molecule has 0 spiro atoms. The highest BCUT2D eigenvalue weighted by Gasteiger charge is 2.21. The third-order valence-electron chi connectivity index (χ3n) is 3.50. The molecule has 0 radical (unpaired) electrons. The molecule has 8 heteroatoms. The van der Waals surface area contributed by atoms with E-state index in [1.165, 1.54) is 13.0 Å². The molecular formula is C17H18F2N2O3S. The third kappa shape index (κ3) is 5.33. The van der Waals surface area contributed by atoms with E-state index in [0.29, 0.717) is 5.56 Å². The van der Waals surface area contributed by atoms with Crippen molar-refractivity contribution in [1.82, 2.24) is 10.0 Å². The summed E-state index contributed by atoms with van der Waals surface area (Å²) in [7, 11) is -3.94. The second kappa shape index (κ2) is 8.17. The highest BCUT2D eigenvalue weighted by Crippen LogP contribution is 2.10. The molecule has 0 saturated heterocycles. The fraction of sp³-hybridized carbons (Fsp3) is 0.235. The average molecular weight is 368 g/mol. The number of rotatable bonds is 7. The number of halogens is 2. The van der Waals surface area contributed by atoms with Crippen molar-refractivity contribution in [2.24, 2.45) is 0 Å². The molecule has 0 fully saturated rings. The number of carbonyl (C=O) groups is 1. The maximum atomic E-state index is 13.5. The largest absolute Gasteiger partial charge is 0.354 e. The number of hydrogen-bond acceptors (Lipinski definition) is 3. The Labute approximate surface area is 145 Å². The quantitative estimate of drug-likeness (QED) is 0.785. The molecular weight excluding hydrogens is 350 g/mol. The van der Waals surface area contributed by atoms with Gasteiger partial charge in [-0.2, -0.15) is 4.72 Å². The second-order valence-electron chi connectivity index (χ2n) is 5.43. The molecule has 1 amide bonds. The standard InChI is InChI=1S/C17H18F2N2O3S/c1-12(21-25(23,24)15-8-6-14(18)7-9-15)17(22)20-11-10-13-4-2-3-5-16(13)19/h2-9,12,21H,10-11H2,1H3,(H,20,22)/t12-/m1/s1. The Bertz CT molecular complexity index is 839. The fourth-order valence-corrected chi connectivity index (χ4v) is 3.35. The van der Waals surface area contributed by atoms with E-state index < -0.39 is 27.8 Å². The van der Waals surface area contributed by atoms with Crippen LogP contribution in [0.3, 0.4) is 0 Å². The molecule has 0 saturated carbocycles. The van der Waals surface area contributed by atoms with Gasteiger partial charge in [0, 0.05) is 6.54 Å². The summed E-state index contributed by atoms with van der Waals surface area (Å²) in [6, 6.07) is 9.44. The Morgan fingerprint density at radius 3 is 2.36 bits per heavy atom. The monoisotopic (exact) mass is 368 g/mol. The van der Waals surface area contributed by atoms with Crippen LogP contribution in [-0.4, -0.2) is 26.9 Å². The van der Waals surface area contributed by atoms with Crippen LogP contribution in [0.5, 0.6) is 0 Å². The van der Waals surface area contributed by atoms with E-state index in [4.69, 9.17) is 0 Å². The summed E-state index contributed by atoms with van der Waals surface area (Å²) in [4.78, 5) is 11.9. The van der Waals surface area contributed by atoms with Crippen LogP contribution in [0.4, 0.5) is 8.78 Å². The zero-order valence-corrected chi connectivity index (χ0v) is 14.3. The minimum Gasteiger partial charge on any atom is -0.354 e. The van der Waals surface area contributed by atoms with Gasteiger partial charge in [-0.05, 0) is 49.2 Å². The zero-order chi connectivity index (χ0) is 18.4. The number of amides is 1. The van der Waals surface area contributed by atoms with Crippen molar-refractivity contribution in [1.29, 1.82) is 0 Å². The van der Waals surface area contributed by atoms with Crippen LogP contribution in [0.15, 0.2) is 53.4 Å². The van der Waals surface area contributed by atoms with Crippen molar-refractivity contribution in [3.8, 4) is 0 Å². The predicted molar refractivity (Wildman–Crippen MR) is 89.3 cm³/mol. The normalized spacial score (nSPS) is 12.6. The molecule has 0 heterocycles. The van der Waals surface area contributed by atoms with Crippen LogP contribution in [0.25, 0.3) is 0 Å². The highest BCUT2D eigenvalue weighted by molar-refractivity contribution is 7.89. The van der Waals surface area contributed by atoms with Crippen LogP contribution in [-0.2, 0) is 21.2 Å². The van der Waals surface area contributed by atoms with Gasteiger partial charge in [-0.1, -0.05) is 18.2 Å². The van der Waals surface area contributed by atoms with Gasteiger partial charge in [0.05, 0.1) is 10.9 Å². The Morgan fingerprint density at radius 1 is 1.08 bits per heavy atom. The lowest BCUT2D eigenvalue weighted by Crippen LogP contribution is -2.45. The molecule has 5 nitrogen and oxygen atoms in total. The minimum atomic E-state index is -3.94. The molecule has 0 aliphatic rings. The van der Waals surface area contributed by atoms with Gasteiger partial charge in [-0.25, -0.2) is 17.2 Å². The topological polar surface area (TPSA) is 75.3 Å². The molecule has 0 bridgehead atoms. The van der Waals surface area contributed by atoms with Gasteiger partial charge in [0.2, 0.25) is 15.9 Å². The van der Waals surface area contributed by atoms with E-state index in [-0.39, 0.29) is 23.7 Å². The minimum absolute atomic E-state index is 0.139. The SMILES string of the molecule is C[C@@H](NS(=O)(=O)c1ccc(F)cc1)C(=O)NCCc1ccccc1F. The van der Waals surface area contributed by atoms with E-state index in [1.54, 1.807) is 18.2 Å². The first-order valence-corrected chi connectivity index (χ1v) is 9.07. The lowest BCUT2D eigenvalue weighted by molar-refractivity contribution is -0.122. The molecule has 2 aromatic carbocycles. The van der Waals surface area contributed by atoms with Crippen molar-refractivity contribution in [2.45, 2.75) is 24.3 Å². The van der Waals surface area contributed by atoms with E-state index in [0.717, 1.165) is 24.3 Å². The van der Waals surface area contributed by atoms with Crippen molar-refractivity contribution in [3.05, 3.63) is 65.7 Å². The zero-order valence-electron chi connectivity index (χ0n) is 13.5. The van der Waals surface area contributed by atoms with Crippen molar-refractivity contribution < 1.29 is 22.0 Å². The highest BCUT2D eigenvalue weighted by atomic mass is 32.2. The van der Waals surface area contributed by atoms with Crippen molar-refractivity contribution in [2.75, 3.05) is 6.54 Å². The summed E-state index contributed by atoms with van der Waals surface area (Å²) in [5.74, 6) is -1.46. The van der Waals surface area contributed by atoms with E-state index in [2.05, 4.69) is 10.0 Å². The van der Waals surface area contributed by atoms with Gasteiger partial charge < -0.3 is 5.32 Å². The molecule has 2 rings (SSSR count). The van der Waals surface area contributed by atoms with E-state index in [9.17, 15) is 22.0 Å². The van der Waals surface area contributed by atoms with Crippen LogP contribution < -0.4 is 10.0 Å².